The molecule has 1 amide bonds. The Kier molecular flexibility index (Phi) is 5.50. The van der Waals surface area contributed by atoms with Crippen molar-refractivity contribution in [1.29, 1.82) is 0 Å². The van der Waals surface area contributed by atoms with E-state index in [-0.39, 0.29) is 31.4 Å². The molecule has 0 saturated heterocycles. The summed E-state index contributed by atoms with van der Waals surface area (Å²) in [6.07, 6.45) is 0.139. The highest BCUT2D eigenvalue weighted by atomic mass is 16.5. The topological polar surface area (TPSA) is 90.6 Å². The van der Waals surface area contributed by atoms with Gasteiger partial charge in [0.2, 0.25) is 0 Å². The first-order valence-corrected chi connectivity index (χ1v) is 5.43. The average Bonchev–Trinajstić information content (AvgIpc) is 2.36. The Hall–Kier alpha value is -2.24. The van der Waals surface area contributed by atoms with Crippen molar-refractivity contribution in [2.24, 2.45) is 0 Å². The number of nitrogen functional groups attached to an aromatic ring is 1. The molecule has 0 spiro atoms. The molecule has 0 heterocycles. The van der Waals surface area contributed by atoms with E-state index in [0.29, 0.717) is 11.4 Å². The van der Waals surface area contributed by atoms with Gasteiger partial charge in [0.1, 0.15) is 5.75 Å². The lowest BCUT2D eigenvalue weighted by Crippen LogP contribution is -2.30. The van der Waals surface area contributed by atoms with Gasteiger partial charge in [0.25, 0.3) is 5.91 Å². The van der Waals surface area contributed by atoms with Crippen LogP contribution in [-0.4, -0.2) is 32.1 Å². The zero-order valence-corrected chi connectivity index (χ0v) is 10.1. The molecule has 0 bridgehead atoms. The molecule has 0 aromatic heterocycles. The molecule has 0 saturated carbocycles. The molecule has 6 nitrogen and oxygen atoms in total. The number of hydrogen-bond acceptors (Lipinski definition) is 5. The predicted molar refractivity (Wildman–Crippen MR) is 66.0 cm³/mol. The number of ether oxygens (including phenoxy) is 2. The summed E-state index contributed by atoms with van der Waals surface area (Å²) in [5.41, 5.74) is 6.13. The fourth-order valence-corrected chi connectivity index (χ4v) is 1.21. The number of hydrogen-bond donors (Lipinski definition) is 2. The molecule has 0 fully saturated rings. The van der Waals surface area contributed by atoms with Crippen molar-refractivity contribution in [2.45, 2.75) is 6.42 Å². The number of amides is 1. The van der Waals surface area contributed by atoms with Gasteiger partial charge in [0.05, 0.1) is 13.5 Å². The summed E-state index contributed by atoms with van der Waals surface area (Å²) < 4.78 is 9.66. The van der Waals surface area contributed by atoms with E-state index in [9.17, 15) is 9.59 Å². The first-order chi connectivity index (χ1) is 8.61. The number of methoxy groups -OCH3 is 1. The number of carbonyl (C=O) groups excluding carboxylic acids is 2. The quantitative estimate of drug-likeness (QED) is 0.562. The zero-order chi connectivity index (χ0) is 13.4. The molecule has 1 aromatic rings. The molecule has 0 aliphatic carbocycles. The highest BCUT2D eigenvalue weighted by Crippen LogP contribution is 2.13. The van der Waals surface area contributed by atoms with E-state index >= 15 is 0 Å². The molecule has 18 heavy (non-hydrogen) atoms. The number of nitrogens with one attached hydrogen (secondary N) is 1. The van der Waals surface area contributed by atoms with Crippen LogP contribution in [0.25, 0.3) is 0 Å². The van der Waals surface area contributed by atoms with Crippen LogP contribution in [-0.2, 0) is 14.3 Å². The smallest absolute Gasteiger partial charge is 0.307 e. The first-order valence-electron chi connectivity index (χ1n) is 5.43. The van der Waals surface area contributed by atoms with Crippen LogP contribution in [0.3, 0.4) is 0 Å². The van der Waals surface area contributed by atoms with Gasteiger partial charge in [-0.05, 0) is 12.1 Å². The van der Waals surface area contributed by atoms with E-state index in [4.69, 9.17) is 10.5 Å². The maximum absolute atomic E-state index is 11.4. The molecule has 3 N–H and O–H groups in total. The second-order valence-electron chi connectivity index (χ2n) is 3.54. The fraction of sp³-hybridized carbons (Fsp3) is 0.333. The van der Waals surface area contributed by atoms with Crippen molar-refractivity contribution in [3.63, 3.8) is 0 Å². The summed E-state index contributed by atoms with van der Waals surface area (Å²) in [6, 6.07) is 6.79. The van der Waals surface area contributed by atoms with Gasteiger partial charge in [-0.25, -0.2) is 0 Å². The Morgan fingerprint density at radius 2 is 2.17 bits per heavy atom. The normalized spacial score (nSPS) is 9.61. The maximum atomic E-state index is 11.4. The van der Waals surface area contributed by atoms with Crippen LogP contribution in [0.4, 0.5) is 5.69 Å². The zero-order valence-electron chi connectivity index (χ0n) is 10.1. The molecular formula is C12H16N2O4. The Morgan fingerprint density at radius 1 is 1.39 bits per heavy atom. The van der Waals surface area contributed by atoms with Crippen LogP contribution in [0.15, 0.2) is 24.3 Å². The lowest BCUT2D eigenvalue weighted by atomic mass is 10.3. The van der Waals surface area contributed by atoms with E-state index in [2.05, 4.69) is 10.1 Å². The number of benzene rings is 1. The maximum Gasteiger partial charge on any atom is 0.307 e. The minimum Gasteiger partial charge on any atom is -0.484 e. The van der Waals surface area contributed by atoms with E-state index in [1.807, 2.05) is 0 Å². The summed E-state index contributed by atoms with van der Waals surface area (Å²) in [5.74, 6) is -0.147. The predicted octanol–water partition coefficient (Wildman–Crippen LogP) is 0.327. The van der Waals surface area contributed by atoms with Gasteiger partial charge in [-0.3, -0.25) is 9.59 Å². The molecular weight excluding hydrogens is 236 g/mol. The van der Waals surface area contributed by atoms with E-state index in [1.165, 1.54) is 7.11 Å². The molecule has 0 aliphatic heterocycles. The lowest BCUT2D eigenvalue weighted by Gasteiger charge is -2.07. The van der Waals surface area contributed by atoms with Gasteiger partial charge in [0.15, 0.2) is 6.61 Å². The van der Waals surface area contributed by atoms with Crippen molar-refractivity contribution in [3.05, 3.63) is 24.3 Å². The monoisotopic (exact) mass is 252 g/mol. The molecule has 0 unspecified atom stereocenters. The van der Waals surface area contributed by atoms with Gasteiger partial charge in [-0.2, -0.15) is 0 Å². The molecule has 1 aromatic carbocycles. The first kappa shape index (κ1) is 13.8. The highest BCUT2D eigenvalue weighted by molar-refractivity contribution is 5.78. The summed E-state index contributed by atoms with van der Waals surface area (Å²) in [6.45, 7) is 0.108. The lowest BCUT2D eigenvalue weighted by molar-refractivity contribution is -0.140. The molecule has 0 radical (unpaired) electrons. The largest absolute Gasteiger partial charge is 0.484 e. The second-order valence-corrected chi connectivity index (χ2v) is 3.54. The Morgan fingerprint density at radius 3 is 2.83 bits per heavy atom. The van der Waals surface area contributed by atoms with Gasteiger partial charge in [-0.15, -0.1) is 0 Å². The number of rotatable bonds is 6. The third-order valence-corrected chi connectivity index (χ3v) is 2.11. The molecule has 1 rings (SSSR count). The number of anilines is 1. The fourth-order valence-electron chi connectivity index (χ4n) is 1.21. The van der Waals surface area contributed by atoms with Crippen LogP contribution in [0.5, 0.6) is 5.75 Å². The van der Waals surface area contributed by atoms with E-state index < -0.39 is 0 Å². The molecule has 0 atom stereocenters. The third kappa shape index (κ3) is 5.20. The van der Waals surface area contributed by atoms with Crippen LogP contribution < -0.4 is 15.8 Å². The average molecular weight is 252 g/mol. The minimum absolute atomic E-state index is 0.120. The highest BCUT2D eigenvalue weighted by Gasteiger charge is 2.04. The molecule has 6 heteroatoms. The Labute approximate surface area is 105 Å². The minimum atomic E-state index is -0.368. The van der Waals surface area contributed by atoms with Gasteiger partial charge < -0.3 is 20.5 Å². The number of carbonyl (C=O) groups is 2. The van der Waals surface area contributed by atoms with Crippen LogP contribution in [0, 0.1) is 0 Å². The van der Waals surface area contributed by atoms with Crippen molar-refractivity contribution >= 4 is 17.6 Å². The van der Waals surface area contributed by atoms with Gasteiger partial charge in [0, 0.05) is 18.3 Å². The Balaban J connectivity index is 2.23. The van der Waals surface area contributed by atoms with Crippen molar-refractivity contribution in [2.75, 3.05) is 26.0 Å². The van der Waals surface area contributed by atoms with Crippen LogP contribution in [0.2, 0.25) is 0 Å². The standard InChI is InChI=1S/C12H16N2O4/c1-17-12(16)5-6-14-11(15)8-18-10-4-2-3-9(13)7-10/h2-4,7H,5-6,8,13H2,1H3,(H,14,15). The number of esters is 1. The summed E-state index contributed by atoms with van der Waals surface area (Å²) in [4.78, 5) is 22.1. The van der Waals surface area contributed by atoms with E-state index in [0.717, 1.165) is 0 Å². The summed E-state index contributed by atoms with van der Waals surface area (Å²) >= 11 is 0. The van der Waals surface area contributed by atoms with Crippen molar-refractivity contribution in [3.8, 4) is 5.75 Å². The van der Waals surface area contributed by atoms with Gasteiger partial charge >= 0.3 is 5.97 Å². The van der Waals surface area contributed by atoms with E-state index in [1.54, 1.807) is 24.3 Å². The van der Waals surface area contributed by atoms with Crippen LogP contribution >= 0.6 is 0 Å². The second kappa shape index (κ2) is 7.16. The molecule has 0 aliphatic rings. The Bertz CT molecular complexity index is 420. The van der Waals surface area contributed by atoms with Crippen molar-refractivity contribution < 1.29 is 19.1 Å². The van der Waals surface area contributed by atoms with Crippen LogP contribution in [0.1, 0.15) is 6.42 Å². The summed E-state index contributed by atoms with van der Waals surface area (Å²) in [5, 5.41) is 2.54. The van der Waals surface area contributed by atoms with Gasteiger partial charge in [-0.1, -0.05) is 6.07 Å². The molecule has 98 valence electrons. The third-order valence-electron chi connectivity index (χ3n) is 2.11. The number of nitrogens with two attached hydrogens (primary N) is 1. The SMILES string of the molecule is COC(=O)CCNC(=O)COc1cccc(N)c1. The summed E-state index contributed by atoms with van der Waals surface area (Å²) in [7, 11) is 1.30. The van der Waals surface area contributed by atoms with Crippen molar-refractivity contribution in [1.82, 2.24) is 5.32 Å².